The minimum Gasteiger partial charge on any atom is -0.508 e. The van der Waals surface area contributed by atoms with E-state index in [4.69, 9.17) is 15.9 Å². The van der Waals surface area contributed by atoms with Gasteiger partial charge < -0.3 is 47.1 Å². The quantitative estimate of drug-likeness (QED) is 0.109. The topological polar surface area (TPSA) is 274 Å². The Bertz CT molecular complexity index is 1200. The van der Waals surface area contributed by atoms with Gasteiger partial charge in [0.15, 0.2) is 0 Å². The molecule has 4 unspecified atom stereocenters. The number of nitrogens with one attached hydrogen (secondary N) is 4. The van der Waals surface area contributed by atoms with Crippen LogP contribution in [0, 0.1) is 0 Å². The smallest absolute Gasteiger partial charge is 0.326 e. The maximum atomic E-state index is 13.4. The van der Waals surface area contributed by atoms with Crippen LogP contribution in [0.5, 0.6) is 5.75 Å². The van der Waals surface area contributed by atoms with E-state index in [2.05, 4.69) is 25.9 Å². The maximum Gasteiger partial charge on any atom is 0.326 e. The molecule has 1 aromatic heterocycles. The van der Waals surface area contributed by atoms with E-state index in [1.165, 1.54) is 36.8 Å². The molecule has 0 fully saturated rings. The lowest BCUT2D eigenvalue weighted by Gasteiger charge is -2.25. The number of nitrogens with two attached hydrogens (primary N) is 1. The molecule has 2 rings (SSSR count). The minimum atomic E-state index is -1.79. The van der Waals surface area contributed by atoms with Gasteiger partial charge in [0.1, 0.15) is 23.9 Å². The number of aromatic nitrogens is 2. The molecule has 16 nitrogen and oxygen atoms in total. The molecular weight excluding hydrogens is 532 g/mol. The van der Waals surface area contributed by atoms with Crippen molar-refractivity contribution >= 4 is 35.6 Å². The highest BCUT2D eigenvalue weighted by Gasteiger charge is 2.31. The van der Waals surface area contributed by atoms with Gasteiger partial charge in [0.25, 0.3) is 0 Å². The van der Waals surface area contributed by atoms with Crippen LogP contribution in [-0.4, -0.2) is 90.2 Å². The number of amides is 3. The normalized spacial score (nSPS) is 13.7. The van der Waals surface area contributed by atoms with E-state index in [0.29, 0.717) is 11.3 Å². The van der Waals surface area contributed by atoms with Gasteiger partial charge in [-0.3, -0.25) is 24.0 Å². The van der Waals surface area contributed by atoms with E-state index in [0.717, 1.165) is 0 Å². The molecule has 2 aromatic rings. The van der Waals surface area contributed by atoms with Gasteiger partial charge in [-0.25, -0.2) is 9.78 Å². The number of imidazole rings is 1. The highest BCUT2D eigenvalue weighted by Crippen LogP contribution is 2.12. The van der Waals surface area contributed by atoms with Crippen molar-refractivity contribution in [2.24, 2.45) is 5.73 Å². The van der Waals surface area contributed by atoms with Gasteiger partial charge in [0.05, 0.1) is 18.8 Å². The Kier molecular flexibility index (Phi) is 11.6. The molecule has 0 saturated heterocycles. The first-order valence-electron chi connectivity index (χ1n) is 11.9. The molecule has 1 aromatic carbocycles. The fraction of sp³-hybridized carbons (Fsp3) is 0.375. The Morgan fingerprint density at radius 2 is 1.40 bits per heavy atom. The van der Waals surface area contributed by atoms with Crippen LogP contribution in [0.1, 0.15) is 30.5 Å². The number of aromatic amines is 1. The van der Waals surface area contributed by atoms with Crippen molar-refractivity contribution in [3.05, 3.63) is 48.0 Å². The fourth-order valence-corrected chi connectivity index (χ4v) is 3.51. The number of hydrogen-bond donors (Lipinski definition) is 9. The van der Waals surface area contributed by atoms with Crippen LogP contribution in [0.4, 0.5) is 0 Å². The van der Waals surface area contributed by atoms with E-state index in [1.807, 2.05) is 0 Å². The zero-order valence-electron chi connectivity index (χ0n) is 21.1. The molecule has 16 heteroatoms. The summed E-state index contributed by atoms with van der Waals surface area (Å²) in [6, 6.07) is -0.119. The van der Waals surface area contributed by atoms with E-state index in [1.54, 1.807) is 0 Å². The Labute approximate surface area is 227 Å². The molecule has 0 aliphatic rings. The SMILES string of the molecule is NC(CCC(=O)O)C(=O)NC(Cc1ccc(O)cc1)C(=O)NC(Cc1cnc[nH]1)C(=O)NC(CC(=O)O)C(=O)O. The molecule has 216 valence electrons. The highest BCUT2D eigenvalue weighted by atomic mass is 16.4. The van der Waals surface area contributed by atoms with Crippen molar-refractivity contribution in [2.45, 2.75) is 56.3 Å². The van der Waals surface area contributed by atoms with Gasteiger partial charge in [-0.05, 0) is 24.1 Å². The Balaban J connectivity index is 2.28. The van der Waals surface area contributed by atoms with Crippen LogP contribution in [0.2, 0.25) is 0 Å². The summed E-state index contributed by atoms with van der Waals surface area (Å²) >= 11 is 0. The molecule has 3 amide bonds. The lowest BCUT2D eigenvalue weighted by atomic mass is 10.0. The Morgan fingerprint density at radius 1 is 0.825 bits per heavy atom. The van der Waals surface area contributed by atoms with E-state index in [9.17, 15) is 39.0 Å². The molecule has 0 spiro atoms. The maximum absolute atomic E-state index is 13.4. The third-order valence-electron chi connectivity index (χ3n) is 5.62. The third-order valence-corrected chi connectivity index (χ3v) is 5.62. The van der Waals surface area contributed by atoms with Crippen molar-refractivity contribution < 1.29 is 49.2 Å². The summed E-state index contributed by atoms with van der Waals surface area (Å²) < 4.78 is 0. The summed E-state index contributed by atoms with van der Waals surface area (Å²) in [6.45, 7) is 0. The molecule has 0 bridgehead atoms. The van der Waals surface area contributed by atoms with Crippen molar-refractivity contribution in [3.63, 3.8) is 0 Å². The molecule has 0 aliphatic carbocycles. The highest BCUT2D eigenvalue weighted by molar-refractivity contribution is 5.95. The largest absolute Gasteiger partial charge is 0.508 e. The number of carbonyl (C=O) groups is 6. The molecule has 1 heterocycles. The van der Waals surface area contributed by atoms with Gasteiger partial charge >= 0.3 is 17.9 Å². The van der Waals surface area contributed by atoms with Crippen LogP contribution in [0.3, 0.4) is 0 Å². The van der Waals surface area contributed by atoms with Crippen LogP contribution in [-0.2, 0) is 41.6 Å². The summed E-state index contributed by atoms with van der Waals surface area (Å²) in [6.07, 6.45) is 0.822. The summed E-state index contributed by atoms with van der Waals surface area (Å²) in [5.41, 5.74) is 6.65. The number of aromatic hydroxyl groups is 1. The zero-order valence-corrected chi connectivity index (χ0v) is 21.1. The van der Waals surface area contributed by atoms with E-state index in [-0.39, 0.29) is 25.0 Å². The molecule has 0 radical (unpaired) electrons. The van der Waals surface area contributed by atoms with Crippen molar-refractivity contribution in [1.82, 2.24) is 25.9 Å². The van der Waals surface area contributed by atoms with Gasteiger partial charge in [0.2, 0.25) is 17.7 Å². The van der Waals surface area contributed by atoms with Crippen molar-refractivity contribution in [2.75, 3.05) is 0 Å². The van der Waals surface area contributed by atoms with Crippen LogP contribution in [0.25, 0.3) is 0 Å². The number of phenols is 1. The lowest BCUT2D eigenvalue weighted by Crippen LogP contribution is -2.58. The number of benzene rings is 1. The number of rotatable bonds is 16. The lowest BCUT2D eigenvalue weighted by molar-refractivity contribution is -0.147. The first-order chi connectivity index (χ1) is 18.8. The summed E-state index contributed by atoms with van der Waals surface area (Å²) in [7, 11) is 0. The number of hydrogen-bond acceptors (Lipinski definition) is 9. The second-order valence-electron chi connectivity index (χ2n) is 8.81. The summed E-state index contributed by atoms with van der Waals surface area (Å²) in [4.78, 5) is 78.9. The van der Waals surface area contributed by atoms with Gasteiger partial charge in [-0.1, -0.05) is 12.1 Å². The second-order valence-corrected chi connectivity index (χ2v) is 8.81. The van der Waals surface area contributed by atoms with Gasteiger partial charge in [-0.15, -0.1) is 0 Å². The van der Waals surface area contributed by atoms with Crippen molar-refractivity contribution in [3.8, 4) is 5.75 Å². The second kappa shape index (κ2) is 14.8. The van der Waals surface area contributed by atoms with E-state index < -0.39 is 72.6 Å². The summed E-state index contributed by atoms with van der Waals surface area (Å²) in [5.74, 6) is -7.01. The third kappa shape index (κ3) is 10.4. The zero-order chi connectivity index (χ0) is 29.8. The number of carboxylic acids is 3. The van der Waals surface area contributed by atoms with Crippen LogP contribution in [0.15, 0.2) is 36.8 Å². The minimum absolute atomic E-state index is 0.0462. The number of aliphatic carboxylic acids is 3. The first-order valence-corrected chi connectivity index (χ1v) is 11.9. The summed E-state index contributed by atoms with van der Waals surface area (Å²) in [5, 5.41) is 43.6. The first kappa shape index (κ1) is 31.2. The standard InChI is InChI=1S/C24H30N6O10/c25-15(5-6-19(32)33)21(36)28-16(7-12-1-3-14(31)4-2-12)22(37)29-17(8-13-10-26-11-27-13)23(38)30-18(24(39)40)9-20(34)35/h1-4,10-11,15-18,31H,5-9,25H2,(H,26,27)(H,28,36)(H,29,37)(H,30,38)(H,32,33)(H,34,35)(H,39,40). The molecule has 0 saturated carbocycles. The van der Waals surface area contributed by atoms with Gasteiger partial charge in [-0.2, -0.15) is 0 Å². The average molecular weight is 563 g/mol. The number of carbonyl (C=O) groups excluding carboxylic acids is 3. The number of carboxylic acid groups (broad SMARTS) is 3. The van der Waals surface area contributed by atoms with Crippen LogP contribution >= 0.6 is 0 Å². The molecule has 0 aliphatic heterocycles. The number of nitrogens with zero attached hydrogens (tertiary/aromatic N) is 1. The molecular formula is C24H30N6O10. The Morgan fingerprint density at radius 3 is 1.93 bits per heavy atom. The number of phenolic OH excluding ortho intramolecular Hbond substituents is 1. The van der Waals surface area contributed by atoms with Gasteiger partial charge in [0, 0.05) is 31.2 Å². The Hall–Kier alpha value is -4.99. The monoisotopic (exact) mass is 562 g/mol. The predicted molar refractivity (Wildman–Crippen MR) is 135 cm³/mol. The molecule has 10 N–H and O–H groups in total. The average Bonchev–Trinajstić information content (AvgIpc) is 3.40. The molecule has 40 heavy (non-hydrogen) atoms. The van der Waals surface area contributed by atoms with E-state index >= 15 is 0 Å². The number of H-pyrrole nitrogens is 1. The van der Waals surface area contributed by atoms with Crippen molar-refractivity contribution in [1.29, 1.82) is 0 Å². The predicted octanol–water partition coefficient (Wildman–Crippen LogP) is -1.89. The fourth-order valence-electron chi connectivity index (χ4n) is 3.51. The molecule has 4 atom stereocenters. The van der Waals surface area contributed by atoms with Crippen LogP contribution < -0.4 is 21.7 Å².